The summed E-state index contributed by atoms with van der Waals surface area (Å²) in [5.74, 6) is 0.851. The second kappa shape index (κ2) is 5.29. The molecule has 102 valence electrons. The van der Waals surface area contributed by atoms with Crippen molar-refractivity contribution in [1.82, 2.24) is 0 Å². The number of fused-ring (bicyclic) bond motifs is 1. The monoisotopic (exact) mass is 286 g/mol. The lowest BCUT2D eigenvalue weighted by Crippen LogP contribution is -2.28. The van der Waals surface area contributed by atoms with Crippen LogP contribution in [0.5, 0.6) is 5.75 Å². The number of para-hydroxylation sites is 1. The van der Waals surface area contributed by atoms with Crippen LogP contribution in [0.4, 0.5) is 0 Å². The molecule has 0 saturated carbocycles. The number of halogens is 1. The molecule has 0 fully saturated rings. The molecule has 2 nitrogen and oxygen atoms in total. The van der Waals surface area contributed by atoms with Crippen LogP contribution in [0.15, 0.2) is 42.5 Å². The predicted molar refractivity (Wildman–Crippen MR) is 79.7 cm³/mol. The average molecular weight is 287 g/mol. The molecule has 2 aromatic carbocycles. The molecule has 2 aromatic rings. The molecule has 0 spiro atoms. The lowest BCUT2D eigenvalue weighted by molar-refractivity contribution is 0.0855. The maximum atomic E-state index is 12.5. The van der Waals surface area contributed by atoms with Crippen LogP contribution in [-0.4, -0.2) is 12.4 Å². The molecule has 0 aliphatic carbocycles. The summed E-state index contributed by atoms with van der Waals surface area (Å²) in [4.78, 5) is 12.5. The van der Waals surface area contributed by atoms with Crippen molar-refractivity contribution < 1.29 is 9.53 Å². The number of carbonyl (C=O) groups excluding carboxylic acids is 1. The van der Waals surface area contributed by atoms with Gasteiger partial charge in [-0.2, -0.15) is 0 Å². The van der Waals surface area contributed by atoms with Gasteiger partial charge in [-0.05, 0) is 36.6 Å². The van der Waals surface area contributed by atoms with Crippen LogP contribution in [0.2, 0.25) is 5.02 Å². The fourth-order valence-electron chi connectivity index (χ4n) is 2.48. The molecule has 0 aromatic heterocycles. The molecule has 1 aliphatic heterocycles. The van der Waals surface area contributed by atoms with Gasteiger partial charge < -0.3 is 4.74 Å². The Labute approximate surface area is 123 Å². The molecule has 3 heteroatoms. The van der Waals surface area contributed by atoms with E-state index < -0.39 is 0 Å². The number of Topliss-reactive ketones (excluding diaryl/α,β-unsaturated/α-hetero) is 1. The van der Waals surface area contributed by atoms with E-state index in [0.717, 1.165) is 23.3 Å². The third-order valence-electron chi connectivity index (χ3n) is 3.71. The summed E-state index contributed by atoms with van der Waals surface area (Å²) in [6.45, 7) is 2.36. The van der Waals surface area contributed by atoms with Crippen LogP contribution >= 0.6 is 11.6 Å². The number of ether oxygens (including phenoxy) is 1. The number of aryl methyl sites for hydroxylation is 1. The highest BCUT2D eigenvalue weighted by Gasteiger charge is 2.26. The maximum Gasteiger partial charge on any atom is 0.169 e. The molecular weight excluding hydrogens is 272 g/mol. The molecular formula is C17H15ClO2. The van der Waals surface area contributed by atoms with Crippen molar-refractivity contribution in [3.8, 4) is 5.75 Å². The molecule has 20 heavy (non-hydrogen) atoms. The molecule has 0 bridgehead atoms. The van der Waals surface area contributed by atoms with Gasteiger partial charge in [-0.25, -0.2) is 0 Å². The Morgan fingerprint density at radius 1 is 1.25 bits per heavy atom. The van der Waals surface area contributed by atoms with E-state index in [9.17, 15) is 4.79 Å². The van der Waals surface area contributed by atoms with E-state index >= 15 is 0 Å². The lowest BCUT2D eigenvalue weighted by atomic mass is 9.89. The van der Waals surface area contributed by atoms with Crippen LogP contribution < -0.4 is 4.74 Å². The van der Waals surface area contributed by atoms with Gasteiger partial charge in [-0.3, -0.25) is 4.79 Å². The quantitative estimate of drug-likeness (QED) is 0.778. The smallest absolute Gasteiger partial charge is 0.169 e. The molecule has 0 saturated heterocycles. The number of hydrogen-bond acceptors (Lipinski definition) is 2. The largest absolute Gasteiger partial charge is 0.493 e. The van der Waals surface area contributed by atoms with E-state index in [4.69, 9.17) is 16.3 Å². The number of benzene rings is 2. The van der Waals surface area contributed by atoms with Gasteiger partial charge in [0.05, 0.1) is 12.5 Å². The van der Waals surface area contributed by atoms with E-state index in [1.54, 1.807) is 6.07 Å². The molecule has 3 rings (SSSR count). The zero-order valence-corrected chi connectivity index (χ0v) is 12.0. The minimum Gasteiger partial charge on any atom is -0.493 e. The molecule has 1 heterocycles. The first-order chi connectivity index (χ1) is 9.65. The Balaban J connectivity index is 1.84. The number of rotatable bonds is 2. The zero-order chi connectivity index (χ0) is 14.1. The van der Waals surface area contributed by atoms with Gasteiger partial charge in [0.15, 0.2) is 5.78 Å². The first-order valence-corrected chi connectivity index (χ1v) is 7.04. The summed E-state index contributed by atoms with van der Waals surface area (Å²) < 4.78 is 5.68. The Morgan fingerprint density at radius 2 is 2.05 bits per heavy atom. The van der Waals surface area contributed by atoms with E-state index in [1.165, 1.54) is 0 Å². The molecule has 0 amide bonds. The molecule has 1 aliphatic rings. The summed E-state index contributed by atoms with van der Waals surface area (Å²) >= 11 is 6.09. The summed E-state index contributed by atoms with van der Waals surface area (Å²) in [5.41, 5.74) is 2.73. The first-order valence-electron chi connectivity index (χ1n) is 6.66. The summed E-state index contributed by atoms with van der Waals surface area (Å²) in [7, 11) is 0. The van der Waals surface area contributed by atoms with Crippen molar-refractivity contribution in [2.75, 3.05) is 6.61 Å². The lowest BCUT2D eigenvalue weighted by Gasteiger charge is -2.24. The Kier molecular flexibility index (Phi) is 3.49. The SMILES string of the molecule is Cc1ccc(C(=O)C2COc3ccccc3C2)cc1Cl. The standard InChI is InChI=1S/C17H15ClO2/c1-11-6-7-13(9-15(11)18)17(19)14-8-12-4-2-3-5-16(12)20-10-14/h2-7,9,14H,8,10H2,1H3. The van der Waals surface area contributed by atoms with Crippen LogP contribution in [0, 0.1) is 12.8 Å². The highest BCUT2D eigenvalue weighted by Crippen LogP contribution is 2.29. The average Bonchev–Trinajstić information content (AvgIpc) is 2.49. The highest BCUT2D eigenvalue weighted by atomic mass is 35.5. The van der Waals surface area contributed by atoms with E-state index in [1.807, 2.05) is 43.3 Å². The second-order valence-corrected chi connectivity index (χ2v) is 5.56. The normalized spacial score (nSPS) is 17.2. The van der Waals surface area contributed by atoms with Crippen molar-refractivity contribution >= 4 is 17.4 Å². The topological polar surface area (TPSA) is 26.3 Å². The van der Waals surface area contributed by atoms with Gasteiger partial charge in [-0.15, -0.1) is 0 Å². The summed E-state index contributed by atoms with van der Waals surface area (Å²) in [6.07, 6.45) is 0.723. The van der Waals surface area contributed by atoms with E-state index in [2.05, 4.69) is 0 Å². The van der Waals surface area contributed by atoms with Crippen molar-refractivity contribution in [1.29, 1.82) is 0 Å². The molecule has 0 radical (unpaired) electrons. The molecule has 1 atom stereocenters. The van der Waals surface area contributed by atoms with Crippen LogP contribution in [0.25, 0.3) is 0 Å². The fraction of sp³-hybridized carbons (Fsp3) is 0.235. The zero-order valence-electron chi connectivity index (χ0n) is 11.2. The fourth-order valence-corrected chi connectivity index (χ4v) is 2.66. The maximum absolute atomic E-state index is 12.5. The first kappa shape index (κ1) is 13.2. The van der Waals surface area contributed by atoms with Gasteiger partial charge in [0.25, 0.3) is 0 Å². The third-order valence-corrected chi connectivity index (χ3v) is 4.11. The Hall–Kier alpha value is -1.80. The van der Waals surface area contributed by atoms with Crippen molar-refractivity contribution in [3.05, 3.63) is 64.2 Å². The second-order valence-electron chi connectivity index (χ2n) is 5.15. The van der Waals surface area contributed by atoms with Crippen molar-refractivity contribution in [2.24, 2.45) is 5.92 Å². The molecule has 0 N–H and O–H groups in total. The molecule has 1 unspecified atom stereocenters. The van der Waals surface area contributed by atoms with E-state index in [0.29, 0.717) is 17.2 Å². The summed E-state index contributed by atoms with van der Waals surface area (Å²) in [6, 6.07) is 13.3. The minimum atomic E-state index is -0.135. The van der Waals surface area contributed by atoms with Crippen molar-refractivity contribution in [3.63, 3.8) is 0 Å². The van der Waals surface area contributed by atoms with Gasteiger partial charge >= 0.3 is 0 Å². The number of carbonyl (C=O) groups is 1. The van der Waals surface area contributed by atoms with Crippen LogP contribution in [-0.2, 0) is 6.42 Å². The van der Waals surface area contributed by atoms with Gasteiger partial charge in [0.2, 0.25) is 0 Å². The Morgan fingerprint density at radius 3 is 2.85 bits per heavy atom. The van der Waals surface area contributed by atoms with Crippen molar-refractivity contribution in [2.45, 2.75) is 13.3 Å². The Bertz CT molecular complexity index is 664. The van der Waals surface area contributed by atoms with Gasteiger partial charge in [0, 0.05) is 10.6 Å². The number of ketones is 1. The minimum absolute atomic E-state index is 0.0985. The van der Waals surface area contributed by atoms with Crippen LogP contribution in [0.3, 0.4) is 0 Å². The predicted octanol–water partition coefficient (Wildman–Crippen LogP) is 4.08. The third kappa shape index (κ3) is 2.44. The van der Waals surface area contributed by atoms with E-state index in [-0.39, 0.29) is 11.7 Å². The van der Waals surface area contributed by atoms with Gasteiger partial charge in [-0.1, -0.05) is 41.9 Å². The summed E-state index contributed by atoms with van der Waals surface area (Å²) in [5, 5.41) is 0.632. The number of hydrogen-bond donors (Lipinski definition) is 0. The highest BCUT2D eigenvalue weighted by molar-refractivity contribution is 6.31. The van der Waals surface area contributed by atoms with Crippen LogP contribution in [0.1, 0.15) is 21.5 Å². The van der Waals surface area contributed by atoms with Gasteiger partial charge in [0.1, 0.15) is 5.75 Å².